The SMILES string of the molecule is COc1ccc(CCNC(=O)[C@@H](Cc2ccccc2)N(Cc2ccc(F)cc2)C(=O)COc2ccc(S(=O)(=O)N3CCOCC3)cc2)cc1OC. The van der Waals surface area contributed by atoms with Gasteiger partial charge in [0.25, 0.3) is 5.91 Å². The number of carbonyl (C=O) groups excluding carboxylic acids is 2. The van der Waals surface area contributed by atoms with Crippen molar-refractivity contribution in [2.75, 3.05) is 53.7 Å². The van der Waals surface area contributed by atoms with Crippen molar-refractivity contribution in [3.8, 4) is 17.2 Å². The van der Waals surface area contributed by atoms with Crippen LogP contribution >= 0.6 is 0 Å². The molecule has 13 heteroatoms. The Morgan fingerprint density at radius 3 is 2.20 bits per heavy atom. The van der Waals surface area contributed by atoms with Crippen LogP contribution in [0.4, 0.5) is 4.39 Å². The summed E-state index contributed by atoms with van der Waals surface area (Å²) in [7, 11) is -0.589. The highest BCUT2D eigenvalue weighted by molar-refractivity contribution is 7.89. The molecule has 0 radical (unpaired) electrons. The zero-order chi connectivity index (χ0) is 36.2. The largest absolute Gasteiger partial charge is 0.493 e. The van der Waals surface area contributed by atoms with Gasteiger partial charge in [-0.05, 0) is 71.6 Å². The van der Waals surface area contributed by atoms with E-state index < -0.39 is 34.4 Å². The van der Waals surface area contributed by atoms with E-state index in [2.05, 4.69) is 5.32 Å². The fraction of sp³-hybridized carbons (Fsp3) is 0.316. The third-order valence-corrected chi connectivity index (χ3v) is 10.4. The third kappa shape index (κ3) is 10.1. The molecule has 270 valence electrons. The molecule has 0 saturated carbocycles. The van der Waals surface area contributed by atoms with Crippen LogP contribution in [0, 0.1) is 5.82 Å². The number of halogens is 1. The fourth-order valence-corrected chi connectivity index (χ4v) is 7.10. The standard InChI is InChI=1S/C38H42FN3O8S/c1-47-35-17-10-29(25-36(35)48-2)18-19-40-38(44)34(24-28-6-4-3-5-7-28)42(26-30-8-11-31(39)12-9-30)37(43)27-50-32-13-15-33(16-14-32)51(45,46)41-20-22-49-23-21-41/h3-17,25,34H,18-24,26-27H2,1-2H3,(H,40,44)/t34-/m1/s1. The minimum atomic E-state index is -3.70. The summed E-state index contributed by atoms with van der Waals surface area (Å²) >= 11 is 0. The van der Waals surface area contributed by atoms with Crippen molar-refractivity contribution in [2.24, 2.45) is 0 Å². The summed E-state index contributed by atoms with van der Waals surface area (Å²) in [6.07, 6.45) is 0.709. The van der Waals surface area contributed by atoms with Gasteiger partial charge in [0.05, 0.1) is 32.3 Å². The molecule has 1 aliphatic rings. The second kappa shape index (κ2) is 17.8. The molecule has 1 atom stereocenters. The van der Waals surface area contributed by atoms with Gasteiger partial charge < -0.3 is 29.2 Å². The van der Waals surface area contributed by atoms with Crippen molar-refractivity contribution < 1.29 is 41.3 Å². The van der Waals surface area contributed by atoms with Crippen molar-refractivity contribution in [3.05, 3.63) is 120 Å². The Bertz CT molecular complexity index is 1850. The predicted octanol–water partition coefficient (Wildman–Crippen LogP) is 4.24. The van der Waals surface area contributed by atoms with Crippen molar-refractivity contribution in [2.45, 2.75) is 30.3 Å². The molecular weight excluding hydrogens is 677 g/mol. The molecule has 0 spiro atoms. The molecule has 4 aromatic carbocycles. The number of nitrogens with one attached hydrogen (secondary N) is 1. The number of ether oxygens (including phenoxy) is 4. The molecule has 51 heavy (non-hydrogen) atoms. The lowest BCUT2D eigenvalue weighted by Crippen LogP contribution is -2.52. The number of hydrogen-bond acceptors (Lipinski definition) is 8. The Hall–Kier alpha value is -4.98. The number of carbonyl (C=O) groups is 2. The van der Waals surface area contributed by atoms with E-state index in [1.807, 2.05) is 42.5 Å². The Labute approximate surface area is 297 Å². The smallest absolute Gasteiger partial charge is 0.261 e. The van der Waals surface area contributed by atoms with Gasteiger partial charge in [0.15, 0.2) is 18.1 Å². The zero-order valence-electron chi connectivity index (χ0n) is 28.6. The molecule has 0 unspecified atom stereocenters. The number of benzene rings is 4. The second-order valence-electron chi connectivity index (χ2n) is 11.9. The minimum absolute atomic E-state index is 0.0137. The van der Waals surface area contributed by atoms with Crippen LogP contribution in [0.25, 0.3) is 0 Å². The van der Waals surface area contributed by atoms with Gasteiger partial charge in [-0.15, -0.1) is 0 Å². The van der Waals surface area contributed by atoms with Crippen LogP contribution in [0.5, 0.6) is 17.2 Å². The van der Waals surface area contributed by atoms with E-state index in [1.165, 1.54) is 45.6 Å². The van der Waals surface area contributed by atoms with E-state index in [0.717, 1.165) is 11.1 Å². The van der Waals surface area contributed by atoms with E-state index in [-0.39, 0.29) is 49.2 Å². The maximum Gasteiger partial charge on any atom is 0.261 e. The average Bonchev–Trinajstić information content (AvgIpc) is 3.16. The molecule has 1 heterocycles. The molecule has 1 fully saturated rings. The lowest BCUT2D eigenvalue weighted by Gasteiger charge is -2.31. The molecule has 1 N–H and O–H groups in total. The number of morpholine rings is 1. The topological polar surface area (TPSA) is 124 Å². The molecule has 5 rings (SSSR count). The van der Waals surface area contributed by atoms with Crippen molar-refractivity contribution >= 4 is 21.8 Å². The summed E-state index contributed by atoms with van der Waals surface area (Å²) in [6.45, 7) is 1.07. The van der Waals surface area contributed by atoms with Gasteiger partial charge >= 0.3 is 0 Å². The first-order chi connectivity index (χ1) is 24.7. The normalized spacial score (nSPS) is 13.9. The second-order valence-corrected chi connectivity index (χ2v) is 13.8. The van der Waals surface area contributed by atoms with Crippen LogP contribution in [-0.4, -0.2) is 89.2 Å². The van der Waals surface area contributed by atoms with Gasteiger partial charge in [0.2, 0.25) is 15.9 Å². The molecule has 1 aliphatic heterocycles. The Balaban J connectivity index is 1.34. The maximum atomic E-state index is 14.0. The van der Waals surface area contributed by atoms with Gasteiger partial charge in [-0.3, -0.25) is 9.59 Å². The zero-order valence-corrected chi connectivity index (χ0v) is 29.4. The highest BCUT2D eigenvalue weighted by Gasteiger charge is 2.31. The molecule has 0 bridgehead atoms. The minimum Gasteiger partial charge on any atom is -0.493 e. The van der Waals surface area contributed by atoms with Crippen LogP contribution in [-0.2, 0) is 43.7 Å². The van der Waals surface area contributed by atoms with Gasteiger partial charge in [-0.1, -0.05) is 48.5 Å². The molecule has 0 aromatic heterocycles. The third-order valence-electron chi connectivity index (χ3n) is 8.49. The van der Waals surface area contributed by atoms with E-state index in [4.69, 9.17) is 18.9 Å². The van der Waals surface area contributed by atoms with Crippen molar-refractivity contribution in [1.29, 1.82) is 0 Å². The number of rotatable bonds is 16. The van der Waals surface area contributed by atoms with Gasteiger partial charge in [0.1, 0.15) is 17.6 Å². The molecule has 11 nitrogen and oxygen atoms in total. The number of hydrogen-bond donors (Lipinski definition) is 1. The molecular formula is C38H42FN3O8S. The summed E-state index contributed by atoms with van der Waals surface area (Å²) in [5, 5.41) is 2.99. The monoisotopic (exact) mass is 719 g/mol. The van der Waals surface area contributed by atoms with Crippen molar-refractivity contribution in [3.63, 3.8) is 0 Å². The van der Waals surface area contributed by atoms with Crippen LogP contribution in [0.15, 0.2) is 102 Å². The predicted molar refractivity (Wildman–Crippen MR) is 189 cm³/mol. The van der Waals surface area contributed by atoms with Crippen LogP contribution in [0.2, 0.25) is 0 Å². The number of sulfonamides is 1. The van der Waals surface area contributed by atoms with E-state index in [0.29, 0.717) is 36.7 Å². The Morgan fingerprint density at radius 2 is 1.53 bits per heavy atom. The first-order valence-electron chi connectivity index (χ1n) is 16.5. The van der Waals surface area contributed by atoms with Gasteiger partial charge in [0, 0.05) is 32.6 Å². The summed E-state index contributed by atoms with van der Waals surface area (Å²) < 4.78 is 63.1. The van der Waals surface area contributed by atoms with E-state index in [1.54, 1.807) is 32.4 Å². The summed E-state index contributed by atoms with van der Waals surface area (Å²) in [4.78, 5) is 29.5. The Kier molecular flexibility index (Phi) is 13.0. The summed E-state index contributed by atoms with van der Waals surface area (Å²) in [5.74, 6) is 0.178. The van der Waals surface area contributed by atoms with E-state index in [9.17, 15) is 22.4 Å². The van der Waals surface area contributed by atoms with Crippen LogP contribution in [0.3, 0.4) is 0 Å². The average molecular weight is 720 g/mol. The summed E-state index contributed by atoms with van der Waals surface area (Å²) in [5.41, 5.74) is 2.38. The maximum absolute atomic E-state index is 14.0. The molecule has 1 saturated heterocycles. The van der Waals surface area contributed by atoms with Crippen LogP contribution in [0.1, 0.15) is 16.7 Å². The first kappa shape index (κ1) is 37.3. The number of nitrogens with zero attached hydrogens (tertiary/aromatic N) is 2. The van der Waals surface area contributed by atoms with E-state index >= 15 is 0 Å². The highest BCUT2D eigenvalue weighted by Crippen LogP contribution is 2.28. The molecule has 0 aliphatic carbocycles. The lowest BCUT2D eigenvalue weighted by molar-refractivity contribution is -0.142. The quantitative estimate of drug-likeness (QED) is 0.183. The molecule has 4 aromatic rings. The van der Waals surface area contributed by atoms with Gasteiger partial charge in [-0.2, -0.15) is 4.31 Å². The lowest BCUT2D eigenvalue weighted by atomic mass is 10.0. The van der Waals surface area contributed by atoms with Crippen molar-refractivity contribution in [1.82, 2.24) is 14.5 Å². The first-order valence-corrected chi connectivity index (χ1v) is 18.0. The summed E-state index contributed by atoms with van der Waals surface area (Å²) in [6, 6.07) is 25.5. The highest BCUT2D eigenvalue weighted by atomic mass is 32.2. The molecule has 2 amide bonds. The van der Waals surface area contributed by atoms with Gasteiger partial charge in [-0.25, -0.2) is 12.8 Å². The number of methoxy groups -OCH3 is 2. The fourth-order valence-electron chi connectivity index (χ4n) is 5.70. The number of amides is 2. The Morgan fingerprint density at radius 1 is 0.863 bits per heavy atom. The van der Waals surface area contributed by atoms with Crippen LogP contribution < -0.4 is 19.5 Å².